The number of para-hydroxylation sites is 1. The third-order valence-corrected chi connectivity index (χ3v) is 3.35. The van der Waals surface area contributed by atoms with Gasteiger partial charge in [0.25, 0.3) is 0 Å². The summed E-state index contributed by atoms with van der Waals surface area (Å²) in [5.41, 5.74) is 1.50. The monoisotopic (exact) mass is 283 g/mol. The van der Waals surface area contributed by atoms with Crippen molar-refractivity contribution in [1.29, 1.82) is 5.26 Å². The summed E-state index contributed by atoms with van der Waals surface area (Å²) in [5, 5.41) is 10.5. The predicted octanol–water partition coefficient (Wildman–Crippen LogP) is 4.54. The summed E-state index contributed by atoms with van der Waals surface area (Å²) >= 11 is 6.09. The average molecular weight is 284 g/mol. The Kier molecular flexibility index (Phi) is 3.32. The van der Waals surface area contributed by atoms with Crippen LogP contribution in [0.15, 0.2) is 52.9 Å². The topological polar surface area (TPSA) is 46.2 Å². The molecule has 20 heavy (non-hydrogen) atoms. The molecule has 1 heterocycles. The van der Waals surface area contributed by atoms with Crippen LogP contribution in [0.2, 0.25) is 5.02 Å². The van der Waals surface area contributed by atoms with Crippen molar-refractivity contribution in [1.82, 2.24) is 0 Å². The Hall–Kier alpha value is -2.44. The van der Waals surface area contributed by atoms with Gasteiger partial charge in [-0.05, 0) is 18.2 Å². The van der Waals surface area contributed by atoms with Gasteiger partial charge in [0.05, 0.1) is 5.39 Å². The van der Waals surface area contributed by atoms with Gasteiger partial charge in [-0.2, -0.15) is 5.26 Å². The van der Waals surface area contributed by atoms with Gasteiger partial charge in [0, 0.05) is 10.6 Å². The van der Waals surface area contributed by atoms with E-state index in [0.29, 0.717) is 16.4 Å². The molecule has 0 amide bonds. The highest BCUT2D eigenvalue weighted by molar-refractivity contribution is 6.31. The number of rotatable bonds is 3. The molecule has 0 bridgehead atoms. The molecule has 0 saturated heterocycles. The summed E-state index contributed by atoms with van der Waals surface area (Å²) in [7, 11) is 0. The van der Waals surface area contributed by atoms with E-state index < -0.39 is 0 Å². The van der Waals surface area contributed by atoms with Crippen LogP contribution >= 0.6 is 11.6 Å². The summed E-state index contributed by atoms with van der Waals surface area (Å²) < 4.78 is 11.2. The zero-order valence-electron chi connectivity index (χ0n) is 10.5. The number of hydrogen-bond donors (Lipinski definition) is 0. The van der Waals surface area contributed by atoms with E-state index in [1.165, 1.54) is 0 Å². The van der Waals surface area contributed by atoms with Crippen LogP contribution in [0.5, 0.6) is 5.75 Å². The molecule has 2 aromatic carbocycles. The first-order valence-corrected chi connectivity index (χ1v) is 6.45. The van der Waals surface area contributed by atoms with Crippen LogP contribution in [0, 0.1) is 11.3 Å². The van der Waals surface area contributed by atoms with E-state index in [2.05, 4.69) is 0 Å². The zero-order chi connectivity index (χ0) is 13.9. The Labute approximate surface area is 121 Å². The molecule has 98 valence electrons. The molecular weight excluding hydrogens is 274 g/mol. The number of fused-ring (bicyclic) bond motifs is 1. The van der Waals surface area contributed by atoms with Crippen LogP contribution < -0.4 is 4.74 Å². The molecule has 0 unspecified atom stereocenters. The quantitative estimate of drug-likeness (QED) is 0.709. The van der Waals surface area contributed by atoms with Gasteiger partial charge in [0.15, 0.2) is 5.75 Å². The summed E-state index contributed by atoms with van der Waals surface area (Å²) in [4.78, 5) is 0. The number of benzene rings is 2. The van der Waals surface area contributed by atoms with Crippen molar-refractivity contribution >= 4 is 22.6 Å². The fourth-order valence-corrected chi connectivity index (χ4v) is 2.19. The van der Waals surface area contributed by atoms with E-state index in [9.17, 15) is 0 Å². The summed E-state index contributed by atoms with van der Waals surface area (Å²) in [6, 6.07) is 16.8. The highest BCUT2D eigenvalue weighted by Gasteiger charge is 2.15. The van der Waals surface area contributed by atoms with Crippen molar-refractivity contribution in [2.75, 3.05) is 0 Å². The van der Waals surface area contributed by atoms with Crippen LogP contribution in [0.3, 0.4) is 0 Å². The number of nitrogens with zero attached hydrogens (tertiary/aromatic N) is 1. The first-order chi connectivity index (χ1) is 9.79. The maximum atomic E-state index is 9.12. The SMILES string of the molecule is N#Cc1oc2ccccc2c1OCc1ccccc1Cl. The molecule has 3 nitrogen and oxygen atoms in total. The van der Waals surface area contributed by atoms with E-state index in [-0.39, 0.29) is 12.4 Å². The molecule has 3 rings (SSSR count). The van der Waals surface area contributed by atoms with Gasteiger partial charge >= 0.3 is 0 Å². The van der Waals surface area contributed by atoms with Crippen LogP contribution in [-0.4, -0.2) is 0 Å². The van der Waals surface area contributed by atoms with Gasteiger partial charge in [-0.1, -0.05) is 41.9 Å². The largest absolute Gasteiger partial charge is 0.483 e. The minimum absolute atomic E-state index is 0.179. The van der Waals surface area contributed by atoms with Crippen molar-refractivity contribution in [3.05, 3.63) is 64.9 Å². The van der Waals surface area contributed by atoms with Crippen molar-refractivity contribution < 1.29 is 9.15 Å². The molecule has 0 fully saturated rings. The van der Waals surface area contributed by atoms with Gasteiger partial charge in [-0.3, -0.25) is 0 Å². The lowest BCUT2D eigenvalue weighted by molar-refractivity contribution is 0.304. The molecule has 0 aliphatic rings. The Bertz CT molecular complexity index is 802. The van der Waals surface area contributed by atoms with E-state index in [0.717, 1.165) is 10.9 Å². The Morgan fingerprint density at radius 1 is 1.10 bits per heavy atom. The van der Waals surface area contributed by atoms with E-state index in [1.54, 1.807) is 12.1 Å². The fourth-order valence-electron chi connectivity index (χ4n) is 2.00. The van der Waals surface area contributed by atoms with E-state index >= 15 is 0 Å². The van der Waals surface area contributed by atoms with Crippen LogP contribution in [0.25, 0.3) is 11.0 Å². The Morgan fingerprint density at radius 3 is 2.65 bits per heavy atom. The van der Waals surface area contributed by atoms with E-state index in [1.807, 2.05) is 42.5 Å². The Balaban J connectivity index is 1.95. The summed E-state index contributed by atoms with van der Waals surface area (Å²) in [5.74, 6) is 0.640. The third-order valence-electron chi connectivity index (χ3n) is 2.98. The summed E-state index contributed by atoms with van der Waals surface area (Å²) in [6.45, 7) is 0.290. The smallest absolute Gasteiger partial charge is 0.246 e. The van der Waals surface area contributed by atoms with Gasteiger partial charge in [-0.25, -0.2) is 0 Å². The highest BCUT2D eigenvalue weighted by atomic mass is 35.5. The maximum absolute atomic E-state index is 9.12. The molecule has 0 spiro atoms. The van der Waals surface area contributed by atoms with Gasteiger partial charge < -0.3 is 9.15 Å². The molecule has 4 heteroatoms. The average Bonchev–Trinajstić information content (AvgIpc) is 2.84. The van der Waals surface area contributed by atoms with Crippen molar-refractivity contribution in [2.24, 2.45) is 0 Å². The maximum Gasteiger partial charge on any atom is 0.246 e. The number of hydrogen-bond acceptors (Lipinski definition) is 3. The lowest BCUT2D eigenvalue weighted by atomic mass is 10.2. The highest BCUT2D eigenvalue weighted by Crippen LogP contribution is 2.33. The lowest BCUT2D eigenvalue weighted by Crippen LogP contribution is -1.96. The second-order valence-corrected chi connectivity index (χ2v) is 4.66. The fraction of sp³-hybridized carbons (Fsp3) is 0.0625. The molecule has 0 aliphatic carbocycles. The number of halogens is 1. The zero-order valence-corrected chi connectivity index (χ0v) is 11.2. The lowest BCUT2D eigenvalue weighted by Gasteiger charge is -2.06. The van der Waals surface area contributed by atoms with Crippen molar-refractivity contribution in [3.8, 4) is 11.8 Å². The molecule has 0 atom stereocenters. The molecule has 0 radical (unpaired) electrons. The normalized spacial score (nSPS) is 10.4. The molecule has 0 N–H and O–H groups in total. The molecule has 3 aromatic rings. The molecule has 0 aliphatic heterocycles. The minimum Gasteiger partial charge on any atom is -0.483 e. The van der Waals surface area contributed by atoms with Crippen molar-refractivity contribution in [2.45, 2.75) is 6.61 Å². The third kappa shape index (κ3) is 2.22. The van der Waals surface area contributed by atoms with Crippen LogP contribution in [0.4, 0.5) is 0 Å². The molecular formula is C16H10ClNO2. The Morgan fingerprint density at radius 2 is 1.85 bits per heavy atom. The number of ether oxygens (including phenoxy) is 1. The van der Waals surface area contributed by atoms with Crippen molar-refractivity contribution in [3.63, 3.8) is 0 Å². The second kappa shape index (κ2) is 5.28. The first kappa shape index (κ1) is 12.6. The van der Waals surface area contributed by atoms with Gasteiger partial charge in [0.1, 0.15) is 18.3 Å². The van der Waals surface area contributed by atoms with Crippen LogP contribution in [-0.2, 0) is 6.61 Å². The first-order valence-electron chi connectivity index (χ1n) is 6.07. The van der Waals surface area contributed by atoms with Crippen LogP contribution in [0.1, 0.15) is 11.3 Å². The molecule has 0 saturated carbocycles. The van der Waals surface area contributed by atoms with E-state index in [4.69, 9.17) is 26.0 Å². The number of nitriles is 1. The summed E-state index contributed by atoms with van der Waals surface area (Å²) in [6.07, 6.45) is 0. The number of furan rings is 1. The minimum atomic E-state index is 0.179. The second-order valence-electron chi connectivity index (χ2n) is 4.25. The predicted molar refractivity (Wildman–Crippen MR) is 76.7 cm³/mol. The van der Waals surface area contributed by atoms with Gasteiger partial charge in [-0.15, -0.1) is 0 Å². The van der Waals surface area contributed by atoms with Gasteiger partial charge in [0.2, 0.25) is 5.76 Å². The molecule has 1 aromatic heterocycles. The standard InChI is InChI=1S/C16H10ClNO2/c17-13-7-3-1-5-11(13)10-19-16-12-6-2-4-8-14(12)20-15(16)9-18/h1-8H,10H2.